The predicted molar refractivity (Wildman–Crippen MR) is 95.8 cm³/mol. The Morgan fingerprint density at radius 1 is 1.12 bits per heavy atom. The molecule has 0 spiro atoms. The monoisotopic (exact) mass is 329 g/mol. The lowest BCUT2D eigenvalue weighted by atomic mass is 10.1. The van der Waals surface area contributed by atoms with Gasteiger partial charge < -0.3 is 15.4 Å². The van der Waals surface area contributed by atoms with E-state index < -0.39 is 0 Å². The molecule has 0 radical (unpaired) electrons. The number of benzene rings is 2. The fraction of sp³-hybridized carbons (Fsp3) is 0.316. The second-order valence-corrected chi connectivity index (χ2v) is 5.48. The van der Waals surface area contributed by atoms with Gasteiger partial charge in [-0.1, -0.05) is 24.3 Å². The molecule has 0 heterocycles. The summed E-state index contributed by atoms with van der Waals surface area (Å²) in [7, 11) is 1.67. The lowest BCUT2D eigenvalue weighted by Crippen LogP contribution is -2.36. The van der Waals surface area contributed by atoms with Crippen LogP contribution in [0.1, 0.15) is 23.6 Å². The van der Waals surface area contributed by atoms with Gasteiger partial charge in [0.15, 0.2) is 5.96 Å². The van der Waals surface area contributed by atoms with Crippen LogP contribution in [0.2, 0.25) is 0 Å². The molecule has 4 nitrogen and oxygen atoms in total. The Morgan fingerprint density at radius 3 is 2.62 bits per heavy atom. The van der Waals surface area contributed by atoms with Gasteiger partial charge in [0.2, 0.25) is 0 Å². The Labute approximate surface area is 142 Å². The van der Waals surface area contributed by atoms with Gasteiger partial charge in [0, 0.05) is 13.1 Å². The number of guanidine groups is 1. The first kappa shape index (κ1) is 17.8. The molecular formula is C19H24FN3O. The van der Waals surface area contributed by atoms with Gasteiger partial charge in [0.1, 0.15) is 11.6 Å². The van der Waals surface area contributed by atoms with Gasteiger partial charge >= 0.3 is 0 Å². The Morgan fingerprint density at radius 2 is 1.96 bits per heavy atom. The molecule has 0 amide bonds. The van der Waals surface area contributed by atoms with Gasteiger partial charge in [-0.3, -0.25) is 0 Å². The third-order valence-corrected chi connectivity index (χ3v) is 3.57. The summed E-state index contributed by atoms with van der Waals surface area (Å²) >= 11 is 0. The van der Waals surface area contributed by atoms with Crippen molar-refractivity contribution in [3.05, 3.63) is 65.0 Å². The Kier molecular flexibility index (Phi) is 6.61. The maximum Gasteiger partial charge on any atom is 0.191 e. The van der Waals surface area contributed by atoms with E-state index in [4.69, 9.17) is 4.74 Å². The molecule has 0 saturated carbocycles. The molecule has 128 valence electrons. The summed E-state index contributed by atoms with van der Waals surface area (Å²) in [4.78, 5) is 4.50. The van der Waals surface area contributed by atoms with Crippen LogP contribution in [-0.4, -0.2) is 19.6 Å². The first-order chi connectivity index (χ1) is 11.6. The van der Waals surface area contributed by atoms with E-state index in [9.17, 15) is 4.39 Å². The van der Waals surface area contributed by atoms with E-state index in [1.807, 2.05) is 32.0 Å². The van der Waals surface area contributed by atoms with E-state index in [0.29, 0.717) is 19.0 Å². The summed E-state index contributed by atoms with van der Waals surface area (Å²) in [6.07, 6.45) is 0. The van der Waals surface area contributed by atoms with Crippen molar-refractivity contribution in [2.45, 2.75) is 26.9 Å². The number of aryl methyl sites for hydroxylation is 1. The molecule has 0 aliphatic carbocycles. The van der Waals surface area contributed by atoms with Crippen LogP contribution >= 0.6 is 0 Å². The minimum atomic E-state index is -0.241. The maximum absolute atomic E-state index is 13.2. The van der Waals surface area contributed by atoms with Gasteiger partial charge in [-0.05, 0) is 48.7 Å². The van der Waals surface area contributed by atoms with Crippen molar-refractivity contribution in [2.24, 2.45) is 4.99 Å². The third-order valence-electron chi connectivity index (χ3n) is 3.57. The van der Waals surface area contributed by atoms with Crippen molar-refractivity contribution in [3.8, 4) is 5.75 Å². The number of nitrogens with zero attached hydrogens (tertiary/aromatic N) is 1. The van der Waals surface area contributed by atoms with E-state index in [1.165, 1.54) is 12.1 Å². The van der Waals surface area contributed by atoms with Gasteiger partial charge in [0.25, 0.3) is 0 Å². The molecule has 0 saturated heterocycles. The number of methoxy groups -OCH3 is 1. The van der Waals surface area contributed by atoms with Crippen LogP contribution in [-0.2, 0) is 13.1 Å². The Balaban J connectivity index is 2.00. The summed E-state index contributed by atoms with van der Waals surface area (Å²) in [5.41, 5.74) is 3.08. The first-order valence-corrected chi connectivity index (χ1v) is 8.02. The largest absolute Gasteiger partial charge is 0.496 e. The van der Waals surface area contributed by atoms with Crippen LogP contribution in [0.4, 0.5) is 4.39 Å². The summed E-state index contributed by atoms with van der Waals surface area (Å²) in [6.45, 7) is 5.87. The van der Waals surface area contributed by atoms with E-state index in [2.05, 4.69) is 21.7 Å². The molecule has 2 N–H and O–H groups in total. The van der Waals surface area contributed by atoms with Gasteiger partial charge in [-0.2, -0.15) is 0 Å². The molecule has 2 aromatic carbocycles. The number of hydrogen-bond acceptors (Lipinski definition) is 2. The van der Waals surface area contributed by atoms with Crippen LogP contribution in [0.3, 0.4) is 0 Å². The molecule has 5 heteroatoms. The van der Waals surface area contributed by atoms with Gasteiger partial charge in [-0.15, -0.1) is 0 Å². The molecule has 0 aliphatic heterocycles. The number of aliphatic imine (C=N–C) groups is 1. The minimum Gasteiger partial charge on any atom is -0.496 e. The van der Waals surface area contributed by atoms with Crippen LogP contribution in [0.25, 0.3) is 0 Å². The normalized spacial score (nSPS) is 11.2. The molecule has 2 rings (SSSR count). The highest BCUT2D eigenvalue weighted by Crippen LogP contribution is 2.18. The molecule has 24 heavy (non-hydrogen) atoms. The summed E-state index contributed by atoms with van der Waals surface area (Å²) in [6, 6.07) is 12.6. The molecule has 0 atom stereocenters. The smallest absolute Gasteiger partial charge is 0.191 e. The zero-order valence-corrected chi connectivity index (χ0v) is 14.4. The van der Waals surface area contributed by atoms with Crippen molar-refractivity contribution in [2.75, 3.05) is 13.7 Å². The van der Waals surface area contributed by atoms with Crippen LogP contribution in [0.15, 0.2) is 47.5 Å². The fourth-order valence-corrected chi connectivity index (χ4v) is 2.38. The molecule has 0 aromatic heterocycles. The SMILES string of the molecule is CCNC(=NCc1cccc(F)c1)NCc1ccc(OC)c(C)c1. The zero-order valence-electron chi connectivity index (χ0n) is 14.4. The standard InChI is InChI=1S/C19H24FN3O/c1-4-21-19(22-12-15-6-5-7-17(20)11-15)23-13-16-8-9-18(24-3)14(2)10-16/h5-11H,4,12-13H2,1-3H3,(H2,21,22,23). The summed E-state index contributed by atoms with van der Waals surface area (Å²) in [5.74, 6) is 1.34. The van der Waals surface area contributed by atoms with E-state index >= 15 is 0 Å². The van der Waals surface area contributed by atoms with Crippen molar-refractivity contribution in [3.63, 3.8) is 0 Å². The quantitative estimate of drug-likeness (QED) is 0.631. The Bertz CT molecular complexity index is 701. The van der Waals surface area contributed by atoms with Crippen molar-refractivity contribution < 1.29 is 9.13 Å². The van der Waals surface area contributed by atoms with Crippen LogP contribution in [0.5, 0.6) is 5.75 Å². The lowest BCUT2D eigenvalue weighted by molar-refractivity contribution is 0.411. The van der Waals surface area contributed by atoms with E-state index in [1.54, 1.807) is 13.2 Å². The third kappa shape index (κ3) is 5.26. The number of rotatable bonds is 6. The molecule has 2 aromatic rings. The number of nitrogens with one attached hydrogen (secondary N) is 2. The molecule has 0 fully saturated rings. The number of hydrogen-bond donors (Lipinski definition) is 2. The molecule has 0 bridgehead atoms. The molecule has 0 unspecified atom stereocenters. The first-order valence-electron chi connectivity index (χ1n) is 8.02. The number of halogens is 1. The highest BCUT2D eigenvalue weighted by atomic mass is 19.1. The van der Waals surface area contributed by atoms with Crippen LogP contribution < -0.4 is 15.4 Å². The van der Waals surface area contributed by atoms with Gasteiger partial charge in [-0.25, -0.2) is 9.38 Å². The lowest BCUT2D eigenvalue weighted by Gasteiger charge is -2.12. The Hall–Kier alpha value is -2.56. The summed E-state index contributed by atoms with van der Waals surface area (Å²) < 4.78 is 18.5. The van der Waals surface area contributed by atoms with Crippen molar-refractivity contribution >= 4 is 5.96 Å². The van der Waals surface area contributed by atoms with Crippen molar-refractivity contribution in [1.82, 2.24) is 10.6 Å². The number of ether oxygens (including phenoxy) is 1. The second-order valence-electron chi connectivity index (χ2n) is 5.48. The van der Waals surface area contributed by atoms with Crippen molar-refractivity contribution in [1.29, 1.82) is 0 Å². The second kappa shape index (κ2) is 8.91. The van der Waals surface area contributed by atoms with Crippen LogP contribution in [0, 0.1) is 12.7 Å². The summed E-state index contributed by atoms with van der Waals surface area (Å²) in [5, 5.41) is 6.49. The zero-order chi connectivity index (χ0) is 17.4. The van der Waals surface area contributed by atoms with Gasteiger partial charge in [0.05, 0.1) is 13.7 Å². The molecular weight excluding hydrogens is 305 g/mol. The van der Waals surface area contributed by atoms with E-state index in [-0.39, 0.29) is 5.82 Å². The predicted octanol–water partition coefficient (Wildman–Crippen LogP) is 3.40. The highest BCUT2D eigenvalue weighted by molar-refractivity contribution is 5.79. The molecule has 0 aliphatic rings. The average Bonchev–Trinajstić information content (AvgIpc) is 2.57. The highest BCUT2D eigenvalue weighted by Gasteiger charge is 2.02. The van der Waals surface area contributed by atoms with E-state index in [0.717, 1.165) is 29.0 Å². The minimum absolute atomic E-state index is 0.241. The fourth-order valence-electron chi connectivity index (χ4n) is 2.38. The topological polar surface area (TPSA) is 45.7 Å². The maximum atomic E-state index is 13.2. The average molecular weight is 329 g/mol.